The van der Waals surface area contributed by atoms with Crippen molar-refractivity contribution >= 4 is 34.9 Å². The molecule has 0 spiro atoms. The number of carbonyl (C=O) groups is 1. The molecular formula is C33H36F2N6O5. The Morgan fingerprint density at radius 3 is 2.35 bits per heavy atom. The lowest BCUT2D eigenvalue weighted by atomic mass is 10.1. The first kappa shape index (κ1) is 32.2. The summed E-state index contributed by atoms with van der Waals surface area (Å²) >= 11 is 0. The van der Waals surface area contributed by atoms with E-state index in [1.54, 1.807) is 36.4 Å². The van der Waals surface area contributed by atoms with Gasteiger partial charge in [0.05, 0.1) is 25.6 Å². The summed E-state index contributed by atoms with van der Waals surface area (Å²) in [7, 11) is 5.02. The quantitative estimate of drug-likeness (QED) is 0.207. The maximum atomic E-state index is 13.9. The van der Waals surface area contributed by atoms with Crippen molar-refractivity contribution in [2.24, 2.45) is 0 Å². The fourth-order valence-corrected chi connectivity index (χ4v) is 5.13. The smallest absolute Gasteiger partial charge is 0.425 e. The van der Waals surface area contributed by atoms with Crippen molar-refractivity contribution < 1.29 is 32.5 Å². The number of alkyl halides is 2. The van der Waals surface area contributed by atoms with E-state index in [1.165, 1.54) is 31.4 Å². The Morgan fingerprint density at radius 2 is 1.67 bits per heavy atom. The van der Waals surface area contributed by atoms with Crippen LogP contribution in [-0.2, 0) is 0 Å². The lowest BCUT2D eigenvalue weighted by molar-refractivity contribution is -0.0495. The number of rotatable bonds is 10. The highest BCUT2D eigenvalue weighted by Crippen LogP contribution is 2.38. The minimum absolute atomic E-state index is 0.0301. The number of anilines is 5. The highest BCUT2D eigenvalue weighted by molar-refractivity contribution is 5.98. The van der Waals surface area contributed by atoms with Crippen LogP contribution in [0.15, 0.2) is 66.9 Å². The summed E-state index contributed by atoms with van der Waals surface area (Å²) in [5.74, 6) is 1.57. The molecule has 13 heteroatoms. The van der Waals surface area contributed by atoms with Crippen LogP contribution in [0.4, 0.5) is 42.4 Å². The van der Waals surface area contributed by atoms with Gasteiger partial charge in [0.25, 0.3) is 0 Å². The summed E-state index contributed by atoms with van der Waals surface area (Å²) in [5, 5.41) is 3.05. The van der Waals surface area contributed by atoms with E-state index >= 15 is 0 Å². The normalized spacial score (nSPS) is 13.3. The molecule has 0 aliphatic carbocycles. The highest BCUT2D eigenvalue weighted by Gasteiger charge is 2.27. The number of aryl methyl sites for hydroxylation is 2. The van der Waals surface area contributed by atoms with Gasteiger partial charge < -0.3 is 34.1 Å². The van der Waals surface area contributed by atoms with E-state index in [2.05, 4.69) is 20.2 Å². The molecule has 3 aromatic carbocycles. The van der Waals surface area contributed by atoms with Crippen LogP contribution in [0, 0.1) is 13.8 Å². The zero-order chi connectivity index (χ0) is 32.8. The van der Waals surface area contributed by atoms with Crippen LogP contribution in [0.25, 0.3) is 0 Å². The molecule has 1 amide bonds. The Labute approximate surface area is 266 Å². The van der Waals surface area contributed by atoms with Gasteiger partial charge in [0.15, 0.2) is 5.75 Å². The summed E-state index contributed by atoms with van der Waals surface area (Å²) in [5.41, 5.74) is 2.88. The van der Waals surface area contributed by atoms with Crippen molar-refractivity contribution in [3.05, 3.63) is 78.0 Å². The first-order valence-corrected chi connectivity index (χ1v) is 14.6. The third-order valence-corrected chi connectivity index (χ3v) is 7.55. The third-order valence-electron chi connectivity index (χ3n) is 7.55. The number of ether oxygens (including phenoxy) is 4. The number of benzene rings is 3. The lowest BCUT2D eigenvalue weighted by Crippen LogP contribution is -2.44. The van der Waals surface area contributed by atoms with Gasteiger partial charge in [0.1, 0.15) is 23.1 Å². The summed E-state index contributed by atoms with van der Waals surface area (Å²) in [6, 6.07) is 17.0. The van der Waals surface area contributed by atoms with Crippen LogP contribution >= 0.6 is 0 Å². The summed E-state index contributed by atoms with van der Waals surface area (Å²) in [6.07, 6.45) is 0.726. The molecule has 5 rings (SSSR count). The number of aromatic nitrogens is 2. The fraction of sp³-hybridized carbons (Fsp3) is 0.303. The van der Waals surface area contributed by atoms with Crippen molar-refractivity contribution in [2.75, 3.05) is 62.6 Å². The Hall–Kier alpha value is -5.17. The minimum Gasteiger partial charge on any atom is -0.497 e. The van der Waals surface area contributed by atoms with Crippen molar-refractivity contribution in [3.63, 3.8) is 0 Å². The minimum atomic E-state index is -3.00. The highest BCUT2D eigenvalue weighted by atomic mass is 19.3. The van der Waals surface area contributed by atoms with E-state index in [1.807, 2.05) is 44.0 Å². The summed E-state index contributed by atoms with van der Waals surface area (Å²) in [4.78, 5) is 28.3. The zero-order valence-electron chi connectivity index (χ0n) is 26.3. The summed E-state index contributed by atoms with van der Waals surface area (Å²) < 4.78 is 48.6. The number of amides is 1. The predicted octanol–water partition coefficient (Wildman–Crippen LogP) is 6.54. The van der Waals surface area contributed by atoms with Crippen LogP contribution in [-0.4, -0.2) is 75.0 Å². The molecule has 0 unspecified atom stereocenters. The van der Waals surface area contributed by atoms with Gasteiger partial charge in [-0.05, 0) is 56.3 Å². The molecule has 2 heterocycles. The maximum Gasteiger partial charge on any atom is 0.425 e. The Kier molecular flexibility index (Phi) is 10.0. The van der Waals surface area contributed by atoms with Crippen molar-refractivity contribution in [1.29, 1.82) is 0 Å². The maximum absolute atomic E-state index is 13.9. The molecule has 0 atom stereocenters. The number of methoxy groups -OCH3 is 2. The molecular weight excluding hydrogens is 598 g/mol. The van der Waals surface area contributed by atoms with Crippen LogP contribution in [0.2, 0.25) is 0 Å². The number of para-hydroxylation sites is 1. The number of hydrogen-bond acceptors (Lipinski definition) is 10. The Morgan fingerprint density at radius 1 is 0.935 bits per heavy atom. The van der Waals surface area contributed by atoms with Crippen molar-refractivity contribution in [3.8, 4) is 23.0 Å². The number of hydrogen-bond donors (Lipinski definition) is 1. The van der Waals surface area contributed by atoms with Gasteiger partial charge in [-0.3, -0.25) is 0 Å². The second-order valence-electron chi connectivity index (χ2n) is 10.7. The molecule has 11 nitrogen and oxygen atoms in total. The van der Waals surface area contributed by atoms with E-state index in [0.29, 0.717) is 47.4 Å². The monoisotopic (exact) mass is 634 g/mol. The molecule has 242 valence electrons. The van der Waals surface area contributed by atoms with Gasteiger partial charge in [-0.25, -0.2) is 14.7 Å². The van der Waals surface area contributed by atoms with Gasteiger partial charge >= 0.3 is 12.7 Å². The third kappa shape index (κ3) is 7.37. The standard InChI is InChI=1S/C33H36F2N6O5/c1-21-7-6-8-22(2)30(21)46-33(42)41(26-12-10-24(43-4)20-27(26)44-5)29-13-14-36-32(38-29)37-23-9-11-25(28(19-23)45-31(34)35)40-17-15-39(3)16-18-40/h6-14,19-20,31H,15-18H2,1-5H3,(H,36,37,38). The number of likely N-dealkylation sites (N-methyl/N-ethyl adjacent to an activating group) is 1. The number of halogens is 2. The largest absolute Gasteiger partial charge is 0.497 e. The van der Waals surface area contributed by atoms with Gasteiger partial charge in [-0.2, -0.15) is 13.8 Å². The van der Waals surface area contributed by atoms with Gasteiger partial charge in [-0.1, -0.05) is 18.2 Å². The van der Waals surface area contributed by atoms with Crippen LogP contribution in [0.5, 0.6) is 23.0 Å². The molecule has 1 fully saturated rings. The molecule has 1 aliphatic heterocycles. The average molecular weight is 635 g/mol. The van der Waals surface area contributed by atoms with Crippen LogP contribution in [0.3, 0.4) is 0 Å². The molecule has 0 bridgehead atoms. The van der Waals surface area contributed by atoms with Gasteiger partial charge in [0.2, 0.25) is 5.95 Å². The Balaban J connectivity index is 1.49. The topological polar surface area (TPSA) is 102 Å². The molecule has 1 aromatic heterocycles. The van der Waals surface area contributed by atoms with E-state index in [9.17, 15) is 13.6 Å². The molecule has 0 radical (unpaired) electrons. The SMILES string of the molecule is COc1ccc(N(C(=O)Oc2c(C)cccc2C)c2ccnc(Nc3ccc(N4CCN(C)CC4)c(OC(F)F)c3)n2)c(OC)c1. The van der Waals surface area contributed by atoms with Crippen molar-refractivity contribution in [1.82, 2.24) is 14.9 Å². The molecule has 1 aliphatic rings. The second-order valence-corrected chi connectivity index (χ2v) is 10.7. The first-order valence-electron chi connectivity index (χ1n) is 14.6. The molecule has 46 heavy (non-hydrogen) atoms. The van der Waals surface area contributed by atoms with E-state index in [0.717, 1.165) is 24.2 Å². The first-order chi connectivity index (χ1) is 22.2. The fourth-order valence-electron chi connectivity index (χ4n) is 5.13. The lowest BCUT2D eigenvalue weighted by Gasteiger charge is -2.35. The number of nitrogens with zero attached hydrogens (tertiary/aromatic N) is 5. The van der Waals surface area contributed by atoms with Crippen LogP contribution in [0.1, 0.15) is 11.1 Å². The summed E-state index contributed by atoms with van der Waals surface area (Å²) in [6.45, 7) is 3.65. The van der Waals surface area contributed by atoms with E-state index in [-0.39, 0.29) is 17.5 Å². The van der Waals surface area contributed by atoms with Crippen molar-refractivity contribution in [2.45, 2.75) is 20.5 Å². The number of piperazine rings is 1. The molecule has 4 aromatic rings. The van der Waals surface area contributed by atoms with Crippen LogP contribution < -0.4 is 34.1 Å². The van der Waals surface area contributed by atoms with E-state index < -0.39 is 12.7 Å². The number of carbonyl (C=O) groups excluding carboxylic acids is 1. The zero-order valence-corrected chi connectivity index (χ0v) is 26.3. The molecule has 0 saturated carbocycles. The Bertz CT molecular complexity index is 1660. The molecule has 1 saturated heterocycles. The van der Waals surface area contributed by atoms with Gasteiger partial charge in [-0.15, -0.1) is 0 Å². The number of nitrogens with one attached hydrogen (secondary N) is 1. The average Bonchev–Trinajstić information content (AvgIpc) is 3.04. The van der Waals surface area contributed by atoms with Gasteiger partial charge in [0, 0.05) is 56.3 Å². The second kappa shape index (κ2) is 14.3. The van der Waals surface area contributed by atoms with E-state index in [4.69, 9.17) is 18.9 Å². The predicted molar refractivity (Wildman–Crippen MR) is 172 cm³/mol. The molecule has 1 N–H and O–H groups in total.